The topological polar surface area (TPSA) is 70.7 Å². The molecular weight excluding hydrogens is 234 g/mol. The van der Waals surface area contributed by atoms with Crippen LogP contribution in [0, 0.1) is 0 Å². The van der Waals surface area contributed by atoms with Gasteiger partial charge >= 0.3 is 0 Å². The molecule has 0 saturated carbocycles. The number of carbonyl (C=O) groups excluding carboxylic acids is 2. The van der Waals surface area contributed by atoms with E-state index in [4.69, 9.17) is 4.74 Å². The van der Waals surface area contributed by atoms with Crippen LogP contribution < -0.4 is 10.6 Å². The zero-order valence-corrected chi connectivity index (χ0v) is 11.2. The Bertz CT molecular complexity index is 346. The standard InChI is InChI=1S/C12H21N3O3/c1-8-6-15(7-12(2,3)18-8)11(17)9-4-14-10(16)5-13-9/h8-9,13H,4-7H2,1-3H3,(H,14,16). The summed E-state index contributed by atoms with van der Waals surface area (Å²) in [5, 5.41) is 5.67. The number of carbonyl (C=O) groups is 2. The molecule has 0 aromatic heterocycles. The third-order valence-corrected chi connectivity index (χ3v) is 3.19. The van der Waals surface area contributed by atoms with E-state index in [1.54, 1.807) is 0 Å². The Hall–Kier alpha value is -1.14. The number of nitrogens with zero attached hydrogens (tertiary/aromatic N) is 1. The van der Waals surface area contributed by atoms with E-state index in [0.717, 1.165) is 0 Å². The van der Waals surface area contributed by atoms with E-state index in [-0.39, 0.29) is 36.1 Å². The Labute approximate surface area is 107 Å². The minimum Gasteiger partial charge on any atom is -0.369 e. The number of nitrogens with one attached hydrogen (secondary N) is 2. The first-order valence-electron chi connectivity index (χ1n) is 6.34. The van der Waals surface area contributed by atoms with Gasteiger partial charge in [-0.15, -0.1) is 0 Å². The molecule has 2 atom stereocenters. The van der Waals surface area contributed by atoms with Crippen molar-refractivity contribution in [3.63, 3.8) is 0 Å². The molecule has 0 aromatic rings. The minimum atomic E-state index is -0.316. The van der Waals surface area contributed by atoms with Crippen molar-refractivity contribution in [2.75, 3.05) is 26.2 Å². The van der Waals surface area contributed by atoms with Gasteiger partial charge in [0.05, 0.1) is 18.2 Å². The summed E-state index contributed by atoms with van der Waals surface area (Å²) in [5.74, 6) is -0.0204. The lowest BCUT2D eigenvalue weighted by Crippen LogP contribution is -2.62. The van der Waals surface area contributed by atoms with Crippen LogP contribution in [0.25, 0.3) is 0 Å². The zero-order chi connectivity index (χ0) is 13.3. The maximum absolute atomic E-state index is 12.3. The molecule has 6 nitrogen and oxygen atoms in total. The highest BCUT2D eigenvalue weighted by atomic mass is 16.5. The highest BCUT2D eigenvalue weighted by Crippen LogP contribution is 2.21. The first-order valence-corrected chi connectivity index (χ1v) is 6.34. The minimum absolute atomic E-state index is 0.0379. The summed E-state index contributed by atoms with van der Waals surface area (Å²) in [7, 11) is 0. The fourth-order valence-corrected chi connectivity index (χ4v) is 2.58. The average Bonchev–Trinajstić information content (AvgIpc) is 2.26. The molecule has 2 aliphatic rings. The maximum atomic E-state index is 12.3. The largest absolute Gasteiger partial charge is 0.369 e. The molecule has 0 spiro atoms. The number of morpholine rings is 1. The first-order chi connectivity index (χ1) is 8.37. The van der Waals surface area contributed by atoms with Gasteiger partial charge in [-0.2, -0.15) is 0 Å². The third kappa shape index (κ3) is 3.00. The van der Waals surface area contributed by atoms with Crippen LogP contribution in [0.1, 0.15) is 20.8 Å². The molecule has 0 bridgehead atoms. The van der Waals surface area contributed by atoms with Crippen molar-refractivity contribution in [1.29, 1.82) is 0 Å². The number of piperazine rings is 1. The Kier molecular flexibility index (Phi) is 3.59. The van der Waals surface area contributed by atoms with Crippen LogP contribution in [0.15, 0.2) is 0 Å². The Morgan fingerprint density at radius 3 is 2.78 bits per heavy atom. The van der Waals surface area contributed by atoms with Crippen molar-refractivity contribution in [2.24, 2.45) is 0 Å². The summed E-state index contributed by atoms with van der Waals surface area (Å²) >= 11 is 0. The number of ether oxygens (including phenoxy) is 1. The maximum Gasteiger partial charge on any atom is 0.241 e. The van der Waals surface area contributed by atoms with Crippen molar-refractivity contribution >= 4 is 11.8 Å². The molecule has 2 N–H and O–H groups in total. The SMILES string of the molecule is CC1CN(C(=O)C2CNC(=O)CN2)CC(C)(C)O1. The van der Waals surface area contributed by atoms with Gasteiger partial charge in [-0.05, 0) is 20.8 Å². The summed E-state index contributed by atoms with van der Waals surface area (Å²) in [5.41, 5.74) is -0.314. The molecule has 2 heterocycles. The summed E-state index contributed by atoms with van der Waals surface area (Å²) in [6, 6.07) is -0.316. The van der Waals surface area contributed by atoms with Crippen LogP contribution >= 0.6 is 0 Å². The van der Waals surface area contributed by atoms with Crippen molar-refractivity contribution in [3.8, 4) is 0 Å². The molecule has 2 amide bonds. The Morgan fingerprint density at radius 2 is 2.22 bits per heavy atom. The van der Waals surface area contributed by atoms with Crippen molar-refractivity contribution in [2.45, 2.75) is 38.5 Å². The lowest BCUT2D eigenvalue weighted by molar-refractivity contribution is -0.160. The number of hydrogen-bond acceptors (Lipinski definition) is 4. The monoisotopic (exact) mass is 255 g/mol. The Balaban J connectivity index is 1.98. The predicted octanol–water partition coefficient (Wildman–Crippen LogP) is -0.900. The quantitative estimate of drug-likeness (QED) is 0.637. The normalized spacial score (nSPS) is 31.9. The van der Waals surface area contributed by atoms with Gasteiger partial charge in [-0.3, -0.25) is 14.9 Å². The molecule has 0 radical (unpaired) electrons. The summed E-state index contributed by atoms with van der Waals surface area (Å²) in [6.07, 6.45) is 0.0379. The van der Waals surface area contributed by atoms with Gasteiger partial charge in [0, 0.05) is 19.6 Å². The van der Waals surface area contributed by atoms with Gasteiger partial charge in [0.25, 0.3) is 0 Å². The molecular formula is C12H21N3O3. The summed E-state index contributed by atoms with van der Waals surface area (Å²) in [4.78, 5) is 25.2. The molecule has 102 valence electrons. The first kappa shape index (κ1) is 13.3. The van der Waals surface area contributed by atoms with E-state index >= 15 is 0 Å². The third-order valence-electron chi connectivity index (χ3n) is 3.19. The van der Waals surface area contributed by atoms with Crippen molar-refractivity contribution < 1.29 is 14.3 Å². The van der Waals surface area contributed by atoms with Crippen LogP contribution in [0.3, 0.4) is 0 Å². The van der Waals surface area contributed by atoms with E-state index in [1.165, 1.54) is 0 Å². The fourth-order valence-electron chi connectivity index (χ4n) is 2.58. The highest BCUT2D eigenvalue weighted by Gasteiger charge is 2.36. The van der Waals surface area contributed by atoms with E-state index in [0.29, 0.717) is 19.6 Å². The van der Waals surface area contributed by atoms with Gasteiger partial charge in [-0.25, -0.2) is 0 Å². The van der Waals surface area contributed by atoms with Crippen LogP contribution in [0.5, 0.6) is 0 Å². The average molecular weight is 255 g/mol. The Morgan fingerprint density at radius 1 is 1.50 bits per heavy atom. The second-order valence-electron chi connectivity index (χ2n) is 5.64. The van der Waals surface area contributed by atoms with Crippen LogP contribution in [0.2, 0.25) is 0 Å². The zero-order valence-electron chi connectivity index (χ0n) is 11.2. The van der Waals surface area contributed by atoms with Crippen molar-refractivity contribution in [3.05, 3.63) is 0 Å². The molecule has 0 aromatic carbocycles. The van der Waals surface area contributed by atoms with Crippen LogP contribution in [-0.2, 0) is 14.3 Å². The van der Waals surface area contributed by atoms with Crippen LogP contribution in [-0.4, -0.2) is 60.6 Å². The highest BCUT2D eigenvalue weighted by molar-refractivity contribution is 5.86. The summed E-state index contributed by atoms with van der Waals surface area (Å²) in [6.45, 7) is 7.70. The molecule has 18 heavy (non-hydrogen) atoms. The molecule has 2 rings (SSSR count). The second-order valence-corrected chi connectivity index (χ2v) is 5.64. The van der Waals surface area contributed by atoms with Gasteiger partial charge < -0.3 is 15.0 Å². The van der Waals surface area contributed by atoms with Gasteiger partial charge in [0.2, 0.25) is 11.8 Å². The molecule has 2 aliphatic heterocycles. The number of rotatable bonds is 1. The van der Waals surface area contributed by atoms with E-state index in [1.807, 2.05) is 25.7 Å². The molecule has 2 unspecified atom stereocenters. The van der Waals surface area contributed by atoms with E-state index in [2.05, 4.69) is 10.6 Å². The second kappa shape index (κ2) is 4.85. The molecule has 2 saturated heterocycles. The number of amides is 2. The molecule has 6 heteroatoms. The smallest absolute Gasteiger partial charge is 0.241 e. The number of hydrogen-bond donors (Lipinski definition) is 2. The molecule has 0 aliphatic carbocycles. The van der Waals surface area contributed by atoms with Crippen LogP contribution in [0.4, 0.5) is 0 Å². The predicted molar refractivity (Wildman–Crippen MR) is 66.0 cm³/mol. The molecule has 2 fully saturated rings. The lowest BCUT2D eigenvalue weighted by atomic mass is 10.0. The lowest BCUT2D eigenvalue weighted by Gasteiger charge is -2.43. The van der Waals surface area contributed by atoms with Gasteiger partial charge in [0.15, 0.2) is 0 Å². The van der Waals surface area contributed by atoms with Gasteiger partial charge in [0.1, 0.15) is 6.04 Å². The van der Waals surface area contributed by atoms with Crippen molar-refractivity contribution in [1.82, 2.24) is 15.5 Å². The van der Waals surface area contributed by atoms with Gasteiger partial charge in [-0.1, -0.05) is 0 Å². The fraction of sp³-hybridized carbons (Fsp3) is 0.833. The summed E-state index contributed by atoms with van der Waals surface area (Å²) < 4.78 is 5.77. The van der Waals surface area contributed by atoms with E-state index in [9.17, 15) is 9.59 Å². The van der Waals surface area contributed by atoms with E-state index < -0.39 is 0 Å².